The first-order valence-electron chi connectivity index (χ1n) is 8.14. The first kappa shape index (κ1) is 14.8. The summed E-state index contributed by atoms with van der Waals surface area (Å²) in [4.78, 5) is 14.8. The maximum Gasteiger partial charge on any atom is 0.242 e. The van der Waals surface area contributed by atoms with E-state index in [1.165, 1.54) is 44.9 Å². The summed E-state index contributed by atoms with van der Waals surface area (Å²) in [5.41, 5.74) is 5.59. The van der Waals surface area contributed by atoms with E-state index in [9.17, 15) is 4.79 Å². The lowest BCUT2D eigenvalue weighted by Gasteiger charge is -2.35. The number of nitrogens with zero attached hydrogens (tertiary/aromatic N) is 1. The Balaban J connectivity index is 1.96. The van der Waals surface area contributed by atoms with Crippen LogP contribution < -0.4 is 5.73 Å². The van der Waals surface area contributed by atoms with E-state index in [1.807, 2.05) is 6.92 Å². The molecule has 2 fully saturated rings. The molecule has 0 aliphatic heterocycles. The average molecular weight is 266 g/mol. The van der Waals surface area contributed by atoms with Crippen molar-refractivity contribution in [2.45, 2.75) is 83.2 Å². The molecule has 3 nitrogen and oxygen atoms in total. The molecular formula is C16H30N2O. The third kappa shape index (κ3) is 3.95. The van der Waals surface area contributed by atoms with E-state index in [0.717, 1.165) is 25.3 Å². The number of amides is 1. The Kier molecular flexibility index (Phi) is 4.88. The molecule has 0 saturated heterocycles. The minimum atomic E-state index is -0.661. The van der Waals surface area contributed by atoms with E-state index in [1.54, 1.807) is 0 Å². The van der Waals surface area contributed by atoms with Gasteiger partial charge in [0.25, 0.3) is 0 Å². The van der Waals surface area contributed by atoms with Gasteiger partial charge in [-0.3, -0.25) is 4.79 Å². The van der Waals surface area contributed by atoms with Crippen LogP contribution in [0.3, 0.4) is 0 Å². The van der Waals surface area contributed by atoms with Gasteiger partial charge in [-0.15, -0.1) is 0 Å². The topological polar surface area (TPSA) is 46.3 Å². The number of carbonyl (C=O) groups excluding carboxylic acids is 1. The number of hydrogen-bond donors (Lipinski definition) is 1. The maximum atomic E-state index is 12.7. The van der Waals surface area contributed by atoms with Gasteiger partial charge in [-0.1, -0.05) is 32.6 Å². The van der Waals surface area contributed by atoms with Gasteiger partial charge >= 0.3 is 0 Å². The smallest absolute Gasteiger partial charge is 0.242 e. The third-order valence-electron chi connectivity index (χ3n) is 4.69. The van der Waals surface area contributed by atoms with Crippen LogP contribution in [0.2, 0.25) is 0 Å². The Hall–Kier alpha value is -0.570. The molecule has 3 heteroatoms. The molecule has 0 aromatic heterocycles. The van der Waals surface area contributed by atoms with Gasteiger partial charge in [-0.25, -0.2) is 0 Å². The van der Waals surface area contributed by atoms with Gasteiger partial charge in [-0.05, 0) is 44.9 Å². The van der Waals surface area contributed by atoms with Gasteiger partial charge in [0.05, 0.1) is 5.54 Å². The van der Waals surface area contributed by atoms with Crippen LogP contribution in [-0.4, -0.2) is 28.9 Å². The fraction of sp³-hybridized carbons (Fsp3) is 0.938. The van der Waals surface area contributed by atoms with Crippen molar-refractivity contribution in [2.24, 2.45) is 11.7 Å². The molecule has 110 valence electrons. The second-order valence-corrected chi connectivity index (χ2v) is 6.86. The summed E-state index contributed by atoms with van der Waals surface area (Å²) in [5.74, 6) is 0.915. The van der Waals surface area contributed by atoms with E-state index < -0.39 is 5.54 Å². The van der Waals surface area contributed by atoms with E-state index in [2.05, 4.69) is 11.8 Å². The highest BCUT2D eigenvalue weighted by Gasteiger charge is 2.40. The fourth-order valence-corrected chi connectivity index (χ4v) is 3.39. The predicted molar refractivity (Wildman–Crippen MR) is 78.8 cm³/mol. The van der Waals surface area contributed by atoms with Crippen LogP contribution in [0.5, 0.6) is 0 Å². The normalized spacial score (nSPS) is 23.9. The summed E-state index contributed by atoms with van der Waals surface area (Å²) >= 11 is 0. The second-order valence-electron chi connectivity index (χ2n) is 6.86. The lowest BCUT2D eigenvalue weighted by molar-refractivity contribution is -0.138. The van der Waals surface area contributed by atoms with Crippen molar-refractivity contribution in [3.8, 4) is 0 Å². The summed E-state index contributed by atoms with van der Waals surface area (Å²) in [6, 6.07) is 0.495. The first-order valence-corrected chi connectivity index (χ1v) is 8.14. The van der Waals surface area contributed by atoms with Crippen LogP contribution in [0.1, 0.15) is 71.6 Å². The average Bonchev–Trinajstić information content (AvgIpc) is 3.20. The van der Waals surface area contributed by atoms with Gasteiger partial charge < -0.3 is 10.6 Å². The molecule has 0 aromatic carbocycles. The molecule has 0 radical (unpaired) electrons. The zero-order valence-electron chi connectivity index (χ0n) is 12.7. The molecular weight excluding hydrogens is 236 g/mol. The van der Waals surface area contributed by atoms with Crippen LogP contribution in [0.15, 0.2) is 0 Å². The standard InChI is InChI=1S/C16H30N2O/c1-3-11-16(2,17)15(19)18(14-9-10-14)12-13-7-5-4-6-8-13/h13-14H,3-12,17H2,1-2H3. The number of rotatable bonds is 6. The Morgan fingerprint density at radius 2 is 1.84 bits per heavy atom. The lowest BCUT2D eigenvalue weighted by atomic mass is 9.88. The van der Waals surface area contributed by atoms with E-state index >= 15 is 0 Å². The molecule has 0 bridgehead atoms. The van der Waals surface area contributed by atoms with Crippen molar-refractivity contribution in [1.82, 2.24) is 4.90 Å². The summed E-state index contributed by atoms with van der Waals surface area (Å²) in [6.07, 6.45) is 10.8. The minimum Gasteiger partial charge on any atom is -0.338 e. The summed E-state index contributed by atoms with van der Waals surface area (Å²) in [5, 5.41) is 0. The fourth-order valence-electron chi connectivity index (χ4n) is 3.39. The largest absolute Gasteiger partial charge is 0.338 e. The highest BCUT2D eigenvalue weighted by atomic mass is 16.2. The third-order valence-corrected chi connectivity index (χ3v) is 4.69. The van der Waals surface area contributed by atoms with Crippen molar-refractivity contribution >= 4 is 5.91 Å². The molecule has 2 aliphatic carbocycles. The number of carbonyl (C=O) groups is 1. The first-order chi connectivity index (χ1) is 9.04. The van der Waals surface area contributed by atoms with Crippen molar-refractivity contribution < 1.29 is 4.79 Å². The minimum absolute atomic E-state index is 0.197. The van der Waals surface area contributed by atoms with Gasteiger partial charge in [0.15, 0.2) is 0 Å². The Bertz CT molecular complexity index is 304. The Morgan fingerprint density at radius 3 is 2.37 bits per heavy atom. The summed E-state index contributed by atoms with van der Waals surface area (Å²) in [6.45, 7) is 4.97. The van der Waals surface area contributed by atoms with Crippen LogP contribution in [0, 0.1) is 5.92 Å². The van der Waals surface area contributed by atoms with Crippen molar-refractivity contribution in [3.05, 3.63) is 0 Å². The maximum absolute atomic E-state index is 12.7. The summed E-state index contributed by atoms with van der Waals surface area (Å²) < 4.78 is 0. The second kappa shape index (κ2) is 6.25. The zero-order valence-corrected chi connectivity index (χ0v) is 12.7. The monoisotopic (exact) mass is 266 g/mol. The highest BCUT2D eigenvalue weighted by molar-refractivity contribution is 5.86. The molecule has 1 unspecified atom stereocenters. The molecule has 2 N–H and O–H groups in total. The van der Waals surface area contributed by atoms with Gasteiger partial charge in [0, 0.05) is 12.6 Å². The van der Waals surface area contributed by atoms with E-state index in [-0.39, 0.29) is 5.91 Å². The SMILES string of the molecule is CCCC(C)(N)C(=O)N(CC1CCCCC1)C1CC1. The van der Waals surface area contributed by atoms with Crippen LogP contribution >= 0.6 is 0 Å². The van der Waals surface area contributed by atoms with Crippen LogP contribution in [0.4, 0.5) is 0 Å². The number of hydrogen-bond acceptors (Lipinski definition) is 2. The lowest BCUT2D eigenvalue weighted by Crippen LogP contribution is -2.55. The quantitative estimate of drug-likeness (QED) is 0.803. The molecule has 2 saturated carbocycles. The Morgan fingerprint density at radius 1 is 1.21 bits per heavy atom. The van der Waals surface area contributed by atoms with Crippen molar-refractivity contribution in [2.75, 3.05) is 6.54 Å². The van der Waals surface area contributed by atoms with Crippen LogP contribution in [-0.2, 0) is 4.79 Å². The molecule has 0 aromatic rings. The number of nitrogens with two attached hydrogens (primary N) is 1. The van der Waals surface area contributed by atoms with Crippen LogP contribution in [0.25, 0.3) is 0 Å². The summed E-state index contributed by atoms with van der Waals surface area (Å²) in [7, 11) is 0. The zero-order chi connectivity index (χ0) is 13.9. The molecule has 1 amide bonds. The van der Waals surface area contributed by atoms with Crippen molar-refractivity contribution in [3.63, 3.8) is 0 Å². The Labute approximate surface area is 117 Å². The van der Waals surface area contributed by atoms with Gasteiger partial charge in [0.1, 0.15) is 0 Å². The predicted octanol–water partition coefficient (Wildman–Crippen LogP) is 3.08. The highest BCUT2D eigenvalue weighted by Crippen LogP contribution is 2.33. The van der Waals surface area contributed by atoms with E-state index in [4.69, 9.17) is 5.73 Å². The molecule has 1 atom stereocenters. The van der Waals surface area contributed by atoms with Gasteiger partial charge in [-0.2, -0.15) is 0 Å². The molecule has 0 heterocycles. The molecule has 19 heavy (non-hydrogen) atoms. The molecule has 2 aliphatic rings. The van der Waals surface area contributed by atoms with Gasteiger partial charge in [0.2, 0.25) is 5.91 Å². The van der Waals surface area contributed by atoms with E-state index in [0.29, 0.717) is 6.04 Å². The molecule has 2 rings (SSSR count). The molecule has 0 spiro atoms. The van der Waals surface area contributed by atoms with Crippen molar-refractivity contribution in [1.29, 1.82) is 0 Å².